The molecule has 2 aromatic carbocycles. The molecule has 1 aromatic heterocycles. The minimum Gasteiger partial charge on any atom is -0.494 e. The number of hydrogen-bond donors (Lipinski definition) is 1. The molecule has 3 aromatic rings. The number of aryl methyl sites for hydroxylation is 1. The fourth-order valence-corrected chi connectivity index (χ4v) is 3.75. The molecule has 0 bridgehead atoms. The second-order valence-electron chi connectivity index (χ2n) is 7.68. The number of aromatic nitrogens is 2. The van der Waals surface area contributed by atoms with Gasteiger partial charge in [-0.25, -0.2) is 14.4 Å². The lowest BCUT2D eigenvalue weighted by molar-refractivity contribution is -0.120. The fraction of sp³-hybridized carbons (Fsp3) is 0.292. The van der Waals surface area contributed by atoms with Gasteiger partial charge in [0.15, 0.2) is 17.4 Å². The number of ether oxygens (including phenoxy) is 2. The summed E-state index contributed by atoms with van der Waals surface area (Å²) in [5.41, 5.74) is 1.39. The Balaban J connectivity index is 1.48. The first-order valence-corrected chi connectivity index (χ1v) is 10.5. The van der Waals surface area contributed by atoms with Crippen LogP contribution in [0.1, 0.15) is 18.4 Å². The van der Waals surface area contributed by atoms with Gasteiger partial charge in [-0.05, 0) is 43.5 Å². The van der Waals surface area contributed by atoms with Crippen molar-refractivity contribution in [1.29, 1.82) is 0 Å². The molecule has 0 spiro atoms. The zero-order chi connectivity index (χ0) is 22.5. The molecule has 8 heteroatoms. The van der Waals surface area contributed by atoms with Gasteiger partial charge in [-0.3, -0.25) is 4.79 Å². The van der Waals surface area contributed by atoms with Crippen LogP contribution >= 0.6 is 0 Å². The van der Waals surface area contributed by atoms with Crippen molar-refractivity contribution < 1.29 is 18.7 Å². The molecule has 7 nitrogen and oxygen atoms in total. The van der Waals surface area contributed by atoms with Crippen LogP contribution in [0.25, 0.3) is 0 Å². The lowest BCUT2D eigenvalue weighted by Crippen LogP contribution is -2.41. The number of rotatable bonds is 6. The van der Waals surface area contributed by atoms with Gasteiger partial charge < -0.3 is 19.7 Å². The van der Waals surface area contributed by atoms with Crippen molar-refractivity contribution in [2.24, 2.45) is 5.92 Å². The Morgan fingerprint density at radius 1 is 1.16 bits per heavy atom. The van der Waals surface area contributed by atoms with E-state index in [1.807, 2.05) is 36.1 Å². The summed E-state index contributed by atoms with van der Waals surface area (Å²) in [5.74, 6) is 0.890. The van der Waals surface area contributed by atoms with E-state index in [4.69, 9.17) is 9.47 Å². The predicted molar refractivity (Wildman–Crippen MR) is 120 cm³/mol. The molecule has 0 radical (unpaired) electrons. The fourth-order valence-electron chi connectivity index (χ4n) is 3.75. The van der Waals surface area contributed by atoms with E-state index < -0.39 is 5.82 Å². The lowest BCUT2D eigenvalue weighted by Gasteiger charge is -2.33. The van der Waals surface area contributed by atoms with Gasteiger partial charge in [-0.2, -0.15) is 0 Å². The van der Waals surface area contributed by atoms with E-state index in [9.17, 15) is 9.18 Å². The highest BCUT2D eigenvalue weighted by Gasteiger charge is 2.29. The third-order valence-corrected chi connectivity index (χ3v) is 5.46. The van der Waals surface area contributed by atoms with Gasteiger partial charge in [0.25, 0.3) is 5.88 Å². The molecule has 2 heterocycles. The molecular formula is C24H25FN4O3. The first-order valence-electron chi connectivity index (χ1n) is 10.5. The first-order chi connectivity index (χ1) is 15.5. The normalized spacial score (nSPS) is 15.8. The van der Waals surface area contributed by atoms with Gasteiger partial charge in [0.2, 0.25) is 5.91 Å². The summed E-state index contributed by atoms with van der Waals surface area (Å²) in [6.45, 7) is 3.17. The number of nitrogens with zero attached hydrogens (tertiary/aromatic N) is 3. The van der Waals surface area contributed by atoms with E-state index in [1.165, 1.54) is 19.2 Å². The van der Waals surface area contributed by atoms with Crippen LogP contribution in [-0.4, -0.2) is 36.1 Å². The highest BCUT2D eigenvalue weighted by Crippen LogP contribution is 2.32. The maximum absolute atomic E-state index is 14.0. The third kappa shape index (κ3) is 4.80. The number of halogens is 1. The first kappa shape index (κ1) is 21.5. The maximum Gasteiger partial charge on any atom is 0.263 e. The second-order valence-corrected chi connectivity index (χ2v) is 7.68. The Hall–Kier alpha value is -3.68. The topological polar surface area (TPSA) is 76.6 Å². The van der Waals surface area contributed by atoms with Crippen LogP contribution in [0.5, 0.6) is 17.4 Å². The molecule has 1 aliphatic heterocycles. The highest BCUT2D eigenvalue weighted by molar-refractivity contribution is 5.93. The molecule has 0 unspecified atom stereocenters. The van der Waals surface area contributed by atoms with Crippen molar-refractivity contribution in [2.75, 3.05) is 30.4 Å². The van der Waals surface area contributed by atoms with Gasteiger partial charge in [0.1, 0.15) is 5.75 Å². The Bertz CT molecular complexity index is 1110. The van der Waals surface area contributed by atoms with Crippen LogP contribution in [0, 0.1) is 18.7 Å². The zero-order valence-corrected chi connectivity index (χ0v) is 18.0. The molecule has 4 rings (SSSR count). The number of piperidine rings is 1. The molecule has 32 heavy (non-hydrogen) atoms. The largest absolute Gasteiger partial charge is 0.494 e. The van der Waals surface area contributed by atoms with Gasteiger partial charge in [-0.1, -0.05) is 18.2 Å². The van der Waals surface area contributed by atoms with Crippen molar-refractivity contribution in [2.45, 2.75) is 19.8 Å². The average Bonchev–Trinajstić information content (AvgIpc) is 2.81. The summed E-state index contributed by atoms with van der Waals surface area (Å²) in [7, 11) is 1.40. The van der Waals surface area contributed by atoms with Gasteiger partial charge >= 0.3 is 0 Å². The van der Waals surface area contributed by atoms with Crippen molar-refractivity contribution in [3.8, 4) is 17.4 Å². The van der Waals surface area contributed by atoms with Crippen molar-refractivity contribution in [1.82, 2.24) is 9.97 Å². The maximum atomic E-state index is 14.0. The van der Waals surface area contributed by atoms with Crippen molar-refractivity contribution >= 4 is 17.4 Å². The van der Waals surface area contributed by atoms with Gasteiger partial charge in [-0.15, -0.1) is 0 Å². The van der Waals surface area contributed by atoms with Gasteiger partial charge in [0.05, 0.1) is 13.0 Å². The van der Waals surface area contributed by atoms with E-state index in [-0.39, 0.29) is 17.6 Å². The number of amides is 1. The minimum absolute atomic E-state index is 0.135. The zero-order valence-electron chi connectivity index (χ0n) is 18.0. The minimum atomic E-state index is -0.520. The monoisotopic (exact) mass is 436 g/mol. The summed E-state index contributed by atoms with van der Waals surface area (Å²) in [5, 5.41) is 2.81. The number of anilines is 2. The second kappa shape index (κ2) is 9.64. The van der Waals surface area contributed by atoms with Crippen LogP contribution in [-0.2, 0) is 4.79 Å². The number of carbonyl (C=O) groups is 1. The summed E-state index contributed by atoms with van der Waals surface area (Å²) in [6.07, 6.45) is 4.75. The van der Waals surface area contributed by atoms with Crippen molar-refractivity contribution in [3.63, 3.8) is 0 Å². The van der Waals surface area contributed by atoms with Crippen LogP contribution in [0.3, 0.4) is 0 Å². The van der Waals surface area contributed by atoms with E-state index in [1.54, 1.807) is 18.5 Å². The van der Waals surface area contributed by atoms with E-state index in [0.717, 1.165) is 24.9 Å². The number of nitrogens with one attached hydrogen (secondary N) is 1. The molecule has 1 amide bonds. The van der Waals surface area contributed by atoms with E-state index in [0.29, 0.717) is 29.7 Å². The van der Waals surface area contributed by atoms with Crippen LogP contribution in [0.2, 0.25) is 0 Å². The molecule has 166 valence electrons. The summed E-state index contributed by atoms with van der Waals surface area (Å²) in [4.78, 5) is 23.7. The Morgan fingerprint density at radius 2 is 1.97 bits per heavy atom. The summed E-state index contributed by atoms with van der Waals surface area (Å²) in [6, 6.07) is 12.1. The quantitative estimate of drug-likeness (QED) is 0.610. The standard InChI is InChI=1S/C24H25FN4O3/c1-16-6-3-4-8-20(16)32-24-22(26-11-12-27-24)29-13-5-7-17(15-29)23(30)28-18-9-10-21(31-2)19(25)14-18/h3-4,6,8-12,14,17H,5,7,13,15H2,1-2H3,(H,28,30)/t17-/m0/s1. The van der Waals surface area contributed by atoms with E-state index >= 15 is 0 Å². The number of para-hydroxylation sites is 1. The smallest absolute Gasteiger partial charge is 0.263 e. The third-order valence-electron chi connectivity index (χ3n) is 5.46. The number of carbonyl (C=O) groups excluding carboxylic acids is 1. The Morgan fingerprint density at radius 3 is 2.75 bits per heavy atom. The number of benzene rings is 2. The predicted octanol–water partition coefficient (Wildman–Crippen LogP) is 4.58. The Kier molecular flexibility index (Phi) is 6.49. The van der Waals surface area contributed by atoms with Crippen LogP contribution < -0.4 is 19.7 Å². The molecule has 1 fully saturated rings. The molecule has 1 atom stereocenters. The molecular weight excluding hydrogens is 411 g/mol. The molecule has 1 aliphatic rings. The lowest BCUT2D eigenvalue weighted by atomic mass is 9.97. The average molecular weight is 436 g/mol. The molecule has 0 aliphatic carbocycles. The number of methoxy groups -OCH3 is 1. The molecule has 1 N–H and O–H groups in total. The van der Waals surface area contributed by atoms with Crippen LogP contribution in [0.15, 0.2) is 54.9 Å². The van der Waals surface area contributed by atoms with Crippen LogP contribution in [0.4, 0.5) is 15.9 Å². The SMILES string of the molecule is COc1ccc(NC(=O)[C@H]2CCCN(c3nccnc3Oc3ccccc3C)C2)cc1F. The Labute approximate surface area is 186 Å². The van der Waals surface area contributed by atoms with Crippen molar-refractivity contribution in [3.05, 3.63) is 66.2 Å². The van der Waals surface area contributed by atoms with Gasteiger partial charge in [0, 0.05) is 37.2 Å². The highest BCUT2D eigenvalue weighted by atomic mass is 19.1. The molecule has 1 saturated heterocycles. The molecule has 0 saturated carbocycles. The summed E-state index contributed by atoms with van der Waals surface area (Å²) >= 11 is 0. The van der Waals surface area contributed by atoms with E-state index in [2.05, 4.69) is 15.3 Å². The number of hydrogen-bond acceptors (Lipinski definition) is 6. The summed E-state index contributed by atoms with van der Waals surface area (Å²) < 4.78 is 24.9.